The van der Waals surface area contributed by atoms with Crippen molar-refractivity contribution in [2.75, 3.05) is 4.90 Å². The lowest BCUT2D eigenvalue weighted by Crippen LogP contribution is -2.46. The topological polar surface area (TPSA) is 20.3 Å². The van der Waals surface area contributed by atoms with Crippen LogP contribution < -0.4 is 4.90 Å². The Morgan fingerprint density at radius 1 is 1.10 bits per heavy atom. The summed E-state index contributed by atoms with van der Waals surface area (Å²) < 4.78 is 0. The van der Waals surface area contributed by atoms with Gasteiger partial charge < -0.3 is 4.90 Å². The molecule has 0 aromatic heterocycles. The lowest BCUT2D eigenvalue weighted by molar-refractivity contribution is 0.0965. The average molecular weight is 279 g/mol. The molecule has 1 atom stereocenters. The molecule has 1 aliphatic heterocycles. The number of carbonyl (C=O) groups is 1. The van der Waals surface area contributed by atoms with Crippen LogP contribution in [0.4, 0.5) is 5.69 Å². The van der Waals surface area contributed by atoms with Crippen molar-refractivity contribution >= 4 is 11.6 Å². The van der Waals surface area contributed by atoms with Gasteiger partial charge in [0.25, 0.3) is 5.91 Å². The molecule has 2 nitrogen and oxygen atoms in total. The van der Waals surface area contributed by atoms with Gasteiger partial charge in [0.05, 0.1) is 0 Å². The van der Waals surface area contributed by atoms with Crippen LogP contribution in [0, 0.1) is 6.92 Å². The number of anilines is 1. The number of rotatable bonds is 3. The molecule has 1 heterocycles. The third kappa shape index (κ3) is 2.46. The number of carbonyl (C=O) groups excluding carboxylic acids is 1. The molecule has 0 bridgehead atoms. The second kappa shape index (κ2) is 5.72. The van der Waals surface area contributed by atoms with Crippen molar-refractivity contribution in [3.63, 3.8) is 0 Å². The fraction of sp³-hybridized carbons (Fsp3) is 0.316. The molecule has 108 valence electrons. The van der Waals surface area contributed by atoms with E-state index in [0.29, 0.717) is 0 Å². The summed E-state index contributed by atoms with van der Waals surface area (Å²) in [6, 6.07) is 16.4. The summed E-state index contributed by atoms with van der Waals surface area (Å²) in [5.74, 6) is 0.143. The molecule has 0 fully saturated rings. The molecule has 0 spiro atoms. The second-order valence-corrected chi connectivity index (χ2v) is 5.77. The Morgan fingerprint density at radius 2 is 1.81 bits per heavy atom. The van der Waals surface area contributed by atoms with Gasteiger partial charge in [-0.25, -0.2) is 0 Å². The Morgan fingerprint density at radius 3 is 2.57 bits per heavy atom. The molecule has 2 aromatic rings. The van der Waals surface area contributed by atoms with E-state index in [9.17, 15) is 4.79 Å². The number of fused-ring (bicyclic) bond motifs is 1. The Bertz CT molecular complexity index is 662. The van der Waals surface area contributed by atoms with Gasteiger partial charge in [-0.1, -0.05) is 49.7 Å². The fourth-order valence-corrected chi connectivity index (χ4v) is 3.25. The summed E-state index contributed by atoms with van der Waals surface area (Å²) in [5.41, 5.74) is 4.25. The van der Waals surface area contributed by atoms with Crippen LogP contribution in [0.5, 0.6) is 0 Å². The van der Waals surface area contributed by atoms with Crippen molar-refractivity contribution < 1.29 is 4.79 Å². The number of hydrogen-bond acceptors (Lipinski definition) is 1. The number of benzene rings is 2. The van der Waals surface area contributed by atoms with Crippen molar-refractivity contribution in [3.8, 4) is 0 Å². The van der Waals surface area contributed by atoms with Crippen LogP contribution in [-0.2, 0) is 6.42 Å². The second-order valence-electron chi connectivity index (χ2n) is 5.77. The SMILES string of the molecule is CCCC1Cc2ccccc2C(=O)N1c1ccccc1C. The summed E-state index contributed by atoms with van der Waals surface area (Å²) in [4.78, 5) is 15.0. The molecular formula is C19H21NO. The van der Waals surface area contributed by atoms with Crippen molar-refractivity contribution in [3.05, 3.63) is 65.2 Å². The van der Waals surface area contributed by atoms with E-state index in [4.69, 9.17) is 0 Å². The largest absolute Gasteiger partial charge is 0.305 e. The molecule has 0 saturated carbocycles. The molecule has 2 heteroatoms. The van der Waals surface area contributed by atoms with Crippen LogP contribution in [0.1, 0.15) is 41.3 Å². The number of amides is 1. The first-order valence-corrected chi connectivity index (χ1v) is 7.69. The predicted molar refractivity (Wildman–Crippen MR) is 86.8 cm³/mol. The summed E-state index contributed by atoms with van der Waals surface area (Å²) in [6.07, 6.45) is 3.07. The van der Waals surface area contributed by atoms with Gasteiger partial charge in [0.15, 0.2) is 0 Å². The third-order valence-corrected chi connectivity index (χ3v) is 4.28. The zero-order chi connectivity index (χ0) is 14.8. The van der Waals surface area contributed by atoms with Gasteiger partial charge in [-0.15, -0.1) is 0 Å². The minimum absolute atomic E-state index is 0.143. The molecular weight excluding hydrogens is 258 g/mol. The molecule has 2 aromatic carbocycles. The van der Waals surface area contributed by atoms with Crippen LogP contribution in [0.25, 0.3) is 0 Å². The number of para-hydroxylation sites is 1. The minimum atomic E-state index is 0.143. The number of nitrogens with zero attached hydrogens (tertiary/aromatic N) is 1. The Hall–Kier alpha value is -2.09. The van der Waals surface area contributed by atoms with Crippen molar-refractivity contribution in [1.82, 2.24) is 0 Å². The van der Waals surface area contributed by atoms with Crippen LogP contribution in [0.2, 0.25) is 0 Å². The van der Waals surface area contributed by atoms with Gasteiger partial charge in [0.2, 0.25) is 0 Å². The van der Waals surface area contributed by atoms with Gasteiger partial charge in [-0.3, -0.25) is 4.79 Å². The molecule has 1 amide bonds. The van der Waals surface area contributed by atoms with Crippen LogP contribution in [-0.4, -0.2) is 11.9 Å². The molecule has 21 heavy (non-hydrogen) atoms. The zero-order valence-electron chi connectivity index (χ0n) is 12.7. The van der Waals surface area contributed by atoms with E-state index in [-0.39, 0.29) is 11.9 Å². The van der Waals surface area contributed by atoms with Crippen molar-refractivity contribution in [2.45, 2.75) is 39.2 Å². The normalized spacial score (nSPS) is 17.7. The molecule has 0 saturated heterocycles. The summed E-state index contributed by atoms with van der Waals surface area (Å²) in [7, 11) is 0. The Labute approximate surface area is 126 Å². The molecule has 3 rings (SSSR count). The van der Waals surface area contributed by atoms with E-state index in [0.717, 1.165) is 36.1 Å². The highest BCUT2D eigenvalue weighted by Gasteiger charge is 2.33. The van der Waals surface area contributed by atoms with Gasteiger partial charge in [0.1, 0.15) is 0 Å². The van der Waals surface area contributed by atoms with E-state index < -0.39 is 0 Å². The summed E-state index contributed by atoms with van der Waals surface area (Å²) >= 11 is 0. The Kier molecular flexibility index (Phi) is 3.78. The molecule has 1 unspecified atom stereocenters. The smallest absolute Gasteiger partial charge is 0.258 e. The maximum absolute atomic E-state index is 13.0. The number of aryl methyl sites for hydroxylation is 1. The van der Waals surface area contributed by atoms with Crippen LogP contribution in [0.3, 0.4) is 0 Å². The standard InChI is InChI=1S/C19H21NO/c1-3-8-16-13-15-10-5-6-11-17(15)19(21)20(16)18-12-7-4-9-14(18)2/h4-7,9-12,16H,3,8,13H2,1-2H3. The number of hydrogen-bond donors (Lipinski definition) is 0. The highest BCUT2D eigenvalue weighted by molar-refractivity contribution is 6.09. The fourth-order valence-electron chi connectivity index (χ4n) is 3.25. The highest BCUT2D eigenvalue weighted by atomic mass is 16.2. The highest BCUT2D eigenvalue weighted by Crippen LogP contribution is 2.32. The van der Waals surface area contributed by atoms with Gasteiger partial charge >= 0.3 is 0 Å². The maximum atomic E-state index is 13.0. The van der Waals surface area contributed by atoms with Crippen LogP contribution >= 0.6 is 0 Å². The van der Waals surface area contributed by atoms with Crippen molar-refractivity contribution in [2.24, 2.45) is 0 Å². The Balaban J connectivity index is 2.09. The first-order valence-electron chi connectivity index (χ1n) is 7.69. The molecule has 0 aliphatic carbocycles. The quantitative estimate of drug-likeness (QED) is 0.817. The lowest BCUT2D eigenvalue weighted by atomic mass is 9.90. The van der Waals surface area contributed by atoms with Crippen molar-refractivity contribution in [1.29, 1.82) is 0 Å². The predicted octanol–water partition coefficient (Wildman–Crippen LogP) is 4.37. The van der Waals surface area contributed by atoms with E-state index in [2.05, 4.69) is 32.0 Å². The summed E-state index contributed by atoms with van der Waals surface area (Å²) in [6.45, 7) is 4.26. The van der Waals surface area contributed by atoms with E-state index >= 15 is 0 Å². The summed E-state index contributed by atoms with van der Waals surface area (Å²) in [5, 5.41) is 0. The minimum Gasteiger partial charge on any atom is -0.305 e. The lowest BCUT2D eigenvalue weighted by Gasteiger charge is -2.37. The average Bonchev–Trinajstić information content (AvgIpc) is 2.49. The first-order chi connectivity index (χ1) is 10.2. The molecule has 0 N–H and O–H groups in total. The third-order valence-electron chi connectivity index (χ3n) is 4.28. The van der Waals surface area contributed by atoms with E-state index in [1.54, 1.807) is 0 Å². The molecule has 0 radical (unpaired) electrons. The molecule has 1 aliphatic rings. The van der Waals surface area contributed by atoms with E-state index in [1.165, 1.54) is 5.56 Å². The first kappa shape index (κ1) is 13.9. The monoisotopic (exact) mass is 279 g/mol. The van der Waals surface area contributed by atoms with Gasteiger partial charge in [-0.05, 0) is 43.0 Å². The van der Waals surface area contributed by atoms with Gasteiger partial charge in [0, 0.05) is 17.3 Å². The maximum Gasteiger partial charge on any atom is 0.258 e. The van der Waals surface area contributed by atoms with Crippen LogP contribution in [0.15, 0.2) is 48.5 Å². The van der Waals surface area contributed by atoms with E-state index in [1.807, 2.05) is 35.2 Å². The zero-order valence-corrected chi connectivity index (χ0v) is 12.7. The van der Waals surface area contributed by atoms with Gasteiger partial charge in [-0.2, -0.15) is 0 Å².